The van der Waals surface area contributed by atoms with Crippen LogP contribution in [-0.2, 0) is 4.74 Å². The third kappa shape index (κ3) is 3.86. The molecule has 0 saturated heterocycles. The van der Waals surface area contributed by atoms with Crippen LogP contribution in [-0.4, -0.2) is 18.1 Å². The first kappa shape index (κ1) is 11.3. The minimum Gasteiger partial charge on any atom is -0.379 e. The van der Waals surface area contributed by atoms with Gasteiger partial charge in [-0.3, -0.25) is 0 Å². The van der Waals surface area contributed by atoms with Gasteiger partial charge in [0.25, 0.3) is 0 Å². The van der Waals surface area contributed by atoms with Crippen LogP contribution in [0.25, 0.3) is 0 Å². The highest BCUT2D eigenvalue weighted by molar-refractivity contribution is 6.20. The van der Waals surface area contributed by atoms with Gasteiger partial charge < -0.3 is 4.74 Å². The third-order valence-corrected chi connectivity index (χ3v) is 3.58. The van der Waals surface area contributed by atoms with Crippen molar-refractivity contribution in [2.75, 3.05) is 7.11 Å². The highest BCUT2D eigenvalue weighted by atomic mass is 35.5. The third-order valence-electron chi connectivity index (χ3n) is 3.18. The molecular weight excluding hydrogens is 184 g/mol. The predicted molar refractivity (Wildman–Crippen MR) is 57.3 cm³/mol. The molecule has 2 atom stereocenters. The Labute approximate surface area is 86.8 Å². The smallest absolute Gasteiger partial charge is 0.0622 e. The molecule has 0 radical (unpaired) electrons. The molecule has 1 aliphatic carbocycles. The van der Waals surface area contributed by atoms with E-state index in [9.17, 15) is 0 Å². The van der Waals surface area contributed by atoms with Gasteiger partial charge in [0.05, 0.1) is 5.60 Å². The van der Waals surface area contributed by atoms with Gasteiger partial charge in [-0.2, -0.15) is 0 Å². The highest BCUT2D eigenvalue weighted by Gasteiger charge is 2.25. The summed E-state index contributed by atoms with van der Waals surface area (Å²) in [5.74, 6) is 0.844. The quantitative estimate of drug-likeness (QED) is 0.636. The zero-order chi connectivity index (χ0) is 9.90. The van der Waals surface area contributed by atoms with Crippen molar-refractivity contribution in [1.29, 1.82) is 0 Å². The molecule has 0 heterocycles. The summed E-state index contributed by atoms with van der Waals surface area (Å²) in [7, 11) is 1.79. The Morgan fingerprint density at radius 2 is 2.08 bits per heavy atom. The number of hydrogen-bond donors (Lipinski definition) is 0. The number of halogens is 1. The van der Waals surface area contributed by atoms with E-state index in [0.717, 1.165) is 12.3 Å². The van der Waals surface area contributed by atoms with Gasteiger partial charge in [0.2, 0.25) is 0 Å². The summed E-state index contributed by atoms with van der Waals surface area (Å²) < 4.78 is 5.39. The minimum absolute atomic E-state index is 0.0460. The molecule has 2 unspecified atom stereocenters. The molecule has 2 heteroatoms. The van der Waals surface area contributed by atoms with Gasteiger partial charge in [-0.05, 0) is 51.9 Å². The first-order valence-corrected chi connectivity index (χ1v) is 5.66. The van der Waals surface area contributed by atoms with Crippen molar-refractivity contribution in [3.63, 3.8) is 0 Å². The van der Waals surface area contributed by atoms with Crippen LogP contribution in [0.2, 0.25) is 0 Å². The second-order valence-corrected chi connectivity index (χ2v) is 5.40. The van der Waals surface area contributed by atoms with Crippen molar-refractivity contribution in [2.24, 2.45) is 5.92 Å². The van der Waals surface area contributed by atoms with E-state index >= 15 is 0 Å². The molecule has 13 heavy (non-hydrogen) atoms. The lowest BCUT2D eigenvalue weighted by molar-refractivity contribution is 0.0105. The molecule has 0 aromatic carbocycles. The largest absolute Gasteiger partial charge is 0.379 e. The molecule has 1 nitrogen and oxygen atoms in total. The minimum atomic E-state index is 0.0460. The first-order chi connectivity index (χ1) is 6.03. The molecule has 1 rings (SSSR count). The Morgan fingerprint density at radius 3 is 2.54 bits per heavy atom. The first-order valence-electron chi connectivity index (χ1n) is 5.23. The number of rotatable bonds is 4. The number of methoxy groups -OCH3 is 1. The van der Waals surface area contributed by atoms with Crippen LogP contribution in [0, 0.1) is 5.92 Å². The molecule has 0 aliphatic heterocycles. The monoisotopic (exact) mass is 204 g/mol. The van der Waals surface area contributed by atoms with Gasteiger partial charge in [-0.15, -0.1) is 11.6 Å². The van der Waals surface area contributed by atoms with Gasteiger partial charge >= 0.3 is 0 Å². The van der Waals surface area contributed by atoms with E-state index in [4.69, 9.17) is 16.3 Å². The van der Waals surface area contributed by atoms with E-state index in [1.807, 2.05) is 0 Å². The van der Waals surface area contributed by atoms with Crippen LogP contribution in [0.15, 0.2) is 0 Å². The van der Waals surface area contributed by atoms with Gasteiger partial charge in [-0.25, -0.2) is 0 Å². The summed E-state index contributed by atoms with van der Waals surface area (Å²) in [5.41, 5.74) is 0.0460. The zero-order valence-corrected chi connectivity index (χ0v) is 9.73. The van der Waals surface area contributed by atoms with Crippen molar-refractivity contribution in [3.05, 3.63) is 0 Å². The van der Waals surface area contributed by atoms with Gasteiger partial charge in [0.1, 0.15) is 0 Å². The topological polar surface area (TPSA) is 9.23 Å². The van der Waals surface area contributed by atoms with Gasteiger partial charge in [0.15, 0.2) is 0 Å². The fourth-order valence-electron chi connectivity index (χ4n) is 1.93. The van der Waals surface area contributed by atoms with Crippen molar-refractivity contribution >= 4 is 11.6 Å². The van der Waals surface area contributed by atoms with Crippen molar-refractivity contribution in [1.82, 2.24) is 0 Å². The Morgan fingerprint density at radius 1 is 1.38 bits per heavy atom. The molecule has 0 aromatic heterocycles. The molecule has 0 bridgehead atoms. The van der Waals surface area contributed by atoms with Crippen LogP contribution in [0.4, 0.5) is 0 Å². The Kier molecular flexibility index (Phi) is 4.06. The fourth-order valence-corrected chi connectivity index (χ4v) is 2.31. The number of ether oxygens (including phenoxy) is 1. The normalized spacial score (nSPS) is 29.5. The predicted octanol–water partition coefficient (Wildman–Crippen LogP) is 3.60. The van der Waals surface area contributed by atoms with E-state index in [-0.39, 0.29) is 5.60 Å². The van der Waals surface area contributed by atoms with Crippen LogP contribution in [0.1, 0.15) is 46.0 Å². The summed E-state index contributed by atoms with van der Waals surface area (Å²) >= 11 is 6.06. The summed E-state index contributed by atoms with van der Waals surface area (Å²) in [4.78, 5) is 0. The van der Waals surface area contributed by atoms with E-state index in [1.54, 1.807) is 7.11 Å². The molecule has 0 spiro atoms. The molecular formula is C11H21ClO. The Balaban J connectivity index is 2.19. The number of alkyl halides is 1. The molecule has 0 amide bonds. The van der Waals surface area contributed by atoms with Crippen molar-refractivity contribution in [3.8, 4) is 0 Å². The van der Waals surface area contributed by atoms with Crippen molar-refractivity contribution in [2.45, 2.75) is 56.9 Å². The molecule has 0 aromatic rings. The lowest BCUT2D eigenvalue weighted by atomic mass is 9.94. The van der Waals surface area contributed by atoms with Gasteiger partial charge in [0, 0.05) is 12.5 Å². The summed E-state index contributed by atoms with van der Waals surface area (Å²) in [6, 6.07) is 0. The van der Waals surface area contributed by atoms with E-state index < -0.39 is 0 Å². The summed E-state index contributed by atoms with van der Waals surface area (Å²) in [6.45, 7) is 4.31. The van der Waals surface area contributed by atoms with Crippen LogP contribution in [0.5, 0.6) is 0 Å². The average Bonchev–Trinajstić information content (AvgIpc) is 2.48. The highest BCUT2D eigenvalue weighted by Crippen LogP contribution is 2.34. The Hall–Kier alpha value is 0.250. The molecule has 78 valence electrons. The molecule has 1 fully saturated rings. The van der Waals surface area contributed by atoms with Crippen LogP contribution in [0.3, 0.4) is 0 Å². The van der Waals surface area contributed by atoms with E-state index in [0.29, 0.717) is 5.38 Å². The second kappa shape index (κ2) is 4.65. The lowest BCUT2D eigenvalue weighted by Crippen LogP contribution is -2.23. The second-order valence-electron chi connectivity index (χ2n) is 4.78. The maximum Gasteiger partial charge on any atom is 0.0622 e. The summed E-state index contributed by atoms with van der Waals surface area (Å²) in [5, 5.41) is 0.440. The number of hydrogen-bond acceptors (Lipinski definition) is 1. The summed E-state index contributed by atoms with van der Waals surface area (Å²) in [6.07, 6.45) is 6.15. The molecule has 0 N–H and O–H groups in total. The van der Waals surface area contributed by atoms with E-state index in [1.165, 1.54) is 25.7 Å². The maximum absolute atomic E-state index is 6.06. The SMILES string of the molecule is COC(C)(C)CCC1CCC(Cl)C1. The van der Waals surface area contributed by atoms with Gasteiger partial charge in [-0.1, -0.05) is 0 Å². The van der Waals surface area contributed by atoms with Crippen LogP contribution >= 0.6 is 11.6 Å². The molecule has 1 saturated carbocycles. The van der Waals surface area contributed by atoms with Crippen LogP contribution < -0.4 is 0 Å². The lowest BCUT2D eigenvalue weighted by Gasteiger charge is -2.24. The molecule has 1 aliphatic rings. The average molecular weight is 205 g/mol. The fraction of sp³-hybridized carbons (Fsp3) is 1.00. The van der Waals surface area contributed by atoms with E-state index in [2.05, 4.69) is 13.8 Å². The zero-order valence-electron chi connectivity index (χ0n) is 8.98. The standard InChI is InChI=1S/C11H21ClO/c1-11(2,13-3)7-6-9-4-5-10(12)8-9/h9-10H,4-8H2,1-3H3. The Bertz CT molecular complexity index is 156. The maximum atomic E-state index is 6.06. The van der Waals surface area contributed by atoms with Crippen molar-refractivity contribution < 1.29 is 4.74 Å².